The molecule has 0 aliphatic carbocycles. The molecule has 0 saturated carbocycles. The third kappa shape index (κ3) is 3.98. The zero-order chi connectivity index (χ0) is 19.4. The molecule has 0 amide bonds. The smallest absolute Gasteiger partial charge is 0.335 e. The lowest BCUT2D eigenvalue weighted by atomic mass is 10.2. The summed E-state index contributed by atoms with van der Waals surface area (Å²) in [5.74, 6) is -2.05. The number of hydrogen-bond acceptors (Lipinski definition) is 3. The highest BCUT2D eigenvalue weighted by molar-refractivity contribution is 7.92. The van der Waals surface area contributed by atoms with Gasteiger partial charge in [-0.05, 0) is 35.9 Å². The van der Waals surface area contributed by atoms with Gasteiger partial charge in [0.25, 0.3) is 10.0 Å². The fourth-order valence-corrected chi connectivity index (χ4v) is 4.14. The van der Waals surface area contributed by atoms with Gasteiger partial charge in [-0.15, -0.1) is 0 Å². The summed E-state index contributed by atoms with van der Waals surface area (Å²) < 4.78 is 41.6. The molecule has 0 aliphatic heterocycles. The SMILES string of the molecule is O=C(O)c1cccc(N(Cc2ccccc2)S(=O)(=O)c2ccccc2F)c1. The molecule has 0 unspecified atom stereocenters. The first-order chi connectivity index (χ1) is 12.9. The van der Waals surface area contributed by atoms with Crippen molar-refractivity contribution in [3.05, 3.63) is 95.8 Å². The third-order valence-corrected chi connectivity index (χ3v) is 5.76. The van der Waals surface area contributed by atoms with Crippen LogP contribution in [0.3, 0.4) is 0 Å². The Bertz CT molecular complexity index is 1070. The number of nitrogens with zero attached hydrogens (tertiary/aromatic N) is 1. The molecule has 27 heavy (non-hydrogen) atoms. The molecule has 0 fully saturated rings. The number of halogens is 1. The van der Waals surface area contributed by atoms with Gasteiger partial charge in [0, 0.05) is 0 Å². The van der Waals surface area contributed by atoms with E-state index in [1.165, 1.54) is 42.5 Å². The highest BCUT2D eigenvalue weighted by atomic mass is 32.2. The summed E-state index contributed by atoms with van der Waals surface area (Å²) >= 11 is 0. The Morgan fingerprint density at radius 1 is 0.926 bits per heavy atom. The number of sulfonamides is 1. The van der Waals surface area contributed by atoms with E-state index in [0.717, 1.165) is 10.4 Å². The summed E-state index contributed by atoms with van der Waals surface area (Å²) in [6.07, 6.45) is 0. The van der Waals surface area contributed by atoms with Crippen LogP contribution in [0.1, 0.15) is 15.9 Å². The molecular weight excluding hydrogens is 369 g/mol. The topological polar surface area (TPSA) is 74.7 Å². The van der Waals surface area contributed by atoms with Crippen LogP contribution in [0.15, 0.2) is 83.8 Å². The van der Waals surface area contributed by atoms with E-state index < -0.39 is 26.7 Å². The highest BCUT2D eigenvalue weighted by Crippen LogP contribution is 2.28. The molecule has 3 rings (SSSR count). The molecule has 0 radical (unpaired) electrons. The van der Waals surface area contributed by atoms with Gasteiger partial charge in [-0.25, -0.2) is 17.6 Å². The molecule has 0 spiro atoms. The number of carbonyl (C=O) groups is 1. The summed E-state index contributed by atoms with van der Waals surface area (Å²) in [6.45, 7) is -0.0689. The zero-order valence-corrected chi connectivity index (χ0v) is 14.9. The number of hydrogen-bond donors (Lipinski definition) is 1. The number of anilines is 1. The summed E-state index contributed by atoms with van der Waals surface area (Å²) in [4.78, 5) is 10.8. The Kier molecular flexibility index (Phi) is 5.23. The van der Waals surface area contributed by atoms with Crippen molar-refractivity contribution in [3.8, 4) is 0 Å². The summed E-state index contributed by atoms with van der Waals surface area (Å²) in [6, 6.07) is 19.4. The van der Waals surface area contributed by atoms with Crippen molar-refractivity contribution in [3.63, 3.8) is 0 Å². The number of benzene rings is 3. The Morgan fingerprint density at radius 3 is 2.26 bits per heavy atom. The van der Waals surface area contributed by atoms with Crippen molar-refractivity contribution < 1.29 is 22.7 Å². The van der Waals surface area contributed by atoms with Gasteiger partial charge in [-0.1, -0.05) is 48.5 Å². The monoisotopic (exact) mass is 385 g/mol. The summed E-state index contributed by atoms with van der Waals surface area (Å²) in [5, 5.41) is 9.22. The van der Waals surface area contributed by atoms with Gasteiger partial charge in [0.1, 0.15) is 10.7 Å². The number of aromatic carboxylic acids is 1. The normalized spacial score (nSPS) is 11.1. The zero-order valence-electron chi connectivity index (χ0n) is 14.1. The van der Waals surface area contributed by atoms with Crippen LogP contribution in [0.4, 0.5) is 10.1 Å². The molecule has 0 atom stereocenters. The van der Waals surface area contributed by atoms with Gasteiger partial charge in [0.05, 0.1) is 17.8 Å². The minimum absolute atomic E-state index is 0.0608. The second kappa shape index (κ2) is 7.59. The first-order valence-electron chi connectivity index (χ1n) is 8.04. The molecule has 138 valence electrons. The number of rotatable bonds is 6. The Labute approximate surface area is 156 Å². The first kappa shape index (κ1) is 18.6. The lowest BCUT2D eigenvalue weighted by Gasteiger charge is -2.25. The molecule has 0 bridgehead atoms. The van der Waals surface area contributed by atoms with Crippen LogP contribution in [0.5, 0.6) is 0 Å². The maximum atomic E-state index is 14.2. The number of carboxylic acid groups (broad SMARTS) is 1. The van der Waals surface area contributed by atoms with E-state index >= 15 is 0 Å². The molecule has 3 aromatic rings. The molecule has 7 heteroatoms. The van der Waals surface area contributed by atoms with Crippen LogP contribution in [0.25, 0.3) is 0 Å². The lowest BCUT2D eigenvalue weighted by Crippen LogP contribution is -2.31. The predicted octanol–water partition coefficient (Wildman–Crippen LogP) is 3.92. The molecule has 5 nitrogen and oxygen atoms in total. The van der Waals surface area contributed by atoms with Gasteiger partial charge in [0.15, 0.2) is 0 Å². The average Bonchev–Trinajstić information content (AvgIpc) is 2.67. The van der Waals surface area contributed by atoms with Gasteiger partial charge in [-0.3, -0.25) is 4.31 Å². The van der Waals surface area contributed by atoms with E-state index in [4.69, 9.17) is 0 Å². The largest absolute Gasteiger partial charge is 0.478 e. The molecular formula is C20H16FNO4S. The van der Waals surface area contributed by atoms with E-state index in [1.54, 1.807) is 30.3 Å². The second-order valence-corrected chi connectivity index (χ2v) is 7.61. The quantitative estimate of drug-likeness (QED) is 0.698. The predicted molar refractivity (Wildman–Crippen MR) is 99.6 cm³/mol. The van der Waals surface area contributed by atoms with Gasteiger partial charge < -0.3 is 5.11 Å². The van der Waals surface area contributed by atoms with Crippen molar-refractivity contribution in [2.45, 2.75) is 11.4 Å². The van der Waals surface area contributed by atoms with E-state index in [1.807, 2.05) is 0 Å². The Morgan fingerprint density at radius 2 is 1.59 bits per heavy atom. The molecule has 0 aromatic heterocycles. The molecule has 3 aromatic carbocycles. The fraction of sp³-hybridized carbons (Fsp3) is 0.0500. The Balaban J connectivity index is 2.14. The molecule has 1 N–H and O–H groups in total. The van der Waals surface area contributed by atoms with Crippen LogP contribution in [-0.4, -0.2) is 19.5 Å². The lowest BCUT2D eigenvalue weighted by molar-refractivity contribution is 0.0697. The second-order valence-electron chi connectivity index (χ2n) is 5.78. The summed E-state index contributed by atoms with van der Waals surface area (Å²) in [5.41, 5.74) is 0.759. The van der Waals surface area contributed by atoms with Gasteiger partial charge >= 0.3 is 5.97 Å². The Hall–Kier alpha value is -3.19. The average molecular weight is 385 g/mol. The van der Waals surface area contributed by atoms with E-state index in [9.17, 15) is 22.7 Å². The van der Waals surface area contributed by atoms with E-state index in [2.05, 4.69) is 0 Å². The van der Waals surface area contributed by atoms with Crippen LogP contribution >= 0.6 is 0 Å². The fourth-order valence-electron chi connectivity index (χ4n) is 2.63. The number of carboxylic acids is 1. The van der Waals surface area contributed by atoms with E-state index in [0.29, 0.717) is 5.56 Å². The van der Waals surface area contributed by atoms with Crippen molar-refractivity contribution >= 4 is 21.7 Å². The van der Waals surface area contributed by atoms with Crippen molar-refractivity contribution in [1.82, 2.24) is 0 Å². The van der Waals surface area contributed by atoms with Crippen LogP contribution in [0, 0.1) is 5.82 Å². The van der Waals surface area contributed by atoms with Crippen molar-refractivity contribution in [2.24, 2.45) is 0 Å². The highest BCUT2D eigenvalue weighted by Gasteiger charge is 2.28. The van der Waals surface area contributed by atoms with Crippen LogP contribution in [-0.2, 0) is 16.6 Å². The van der Waals surface area contributed by atoms with Crippen molar-refractivity contribution in [1.29, 1.82) is 0 Å². The minimum atomic E-state index is -4.26. The molecule has 0 saturated heterocycles. The van der Waals surface area contributed by atoms with Gasteiger partial charge in [0.2, 0.25) is 0 Å². The molecule has 0 heterocycles. The molecule has 0 aliphatic rings. The standard InChI is InChI=1S/C20H16FNO4S/c21-18-11-4-5-12-19(18)27(25,26)22(14-15-7-2-1-3-8-15)17-10-6-9-16(13-17)20(23)24/h1-13H,14H2,(H,23,24). The third-order valence-electron chi connectivity index (χ3n) is 3.95. The minimum Gasteiger partial charge on any atom is -0.478 e. The van der Waals surface area contributed by atoms with Gasteiger partial charge in [-0.2, -0.15) is 0 Å². The maximum absolute atomic E-state index is 14.2. The summed E-state index contributed by atoms with van der Waals surface area (Å²) in [7, 11) is -4.26. The van der Waals surface area contributed by atoms with E-state index in [-0.39, 0.29) is 17.8 Å². The first-order valence-corrected chi connectivity index (χ1v) is 9.48. The van der Waals surface area contributed by atoms with Crippen LogP contribution < -0.4 is 4.31 Å². The van der Waals surface area contributed by atoms with Crippen LogP contribution in [0.2, 0.25) is 0 Å². The van der Waals surface area contributed by atoms with Crippen molar-refractivity contribution in [2.75, 3.05) is 4.31 Å². The maximum Gasteiger partial charge on any atom is 0.335 e.